The highest BCUT2D eigenvalue weighted by molar-refractivity contribution is 5.95. The van der Waals surface area contributed by atoms with E-state index in [1.165, 1.54) is 6.08 Å². The van der Waals surface area contributed by atoms with Gasteiger partial charge in [-0.2, -0.15) is 0 Å². The van der Waals surface area contributed by atoms with Gasteiger partial charge in [-0.1, -0.05) is 18.7 Å². The number of hydrogen-bond donors (Lipinski definition) is 1. The first kappa shape index (κ1) is 14.8. The summed E-state index contributed by atoms with van der Waals surface area (Å²) >= 11 is 0. The molecule has 2 fully saturated rings. The molecule has 1 saturated carbocycles. The summed E-state index contributed by atoms with van der Waals surface area (Å²) in [6.45, 7) is 6.41. The highest BCUT2D eigenvalue weighted by atomic mass is 16.2. The quantitative estimate of drug-likeness (QED) is 0.869. The smallest absolute Gasteiger partial charge is 0.251 e. The Kier molecular flexibility index (Phi) is 3.77. The van der Waals surface area contributed by atoms with Gasteiger partial charge in [0.15, 0.2) is 0 Å². The fraction of sp³-hybridized carbons (Fsp3) is 0.444. The van der Waals surface area contributed by atoms with E-state index < -0.39 is 0 Å². The van der Waals surface area contributed by atoms with E-state index in [1.807, 2.05) is 29.2 Å². The van der Waals surface area contributed by atoms with E-state index in [9.17, 15) is 9.59 Å². The first-order valence-electron chi connectivity index (χ1n) is 7.88. The van der Waals surface area contributed by atoms with Gasteiger partial charge < -0.3 is 10.2 Å². The van der Waals surface area contributed by atoms with E-state index in [0.717, 1.165) is 37.8 Å². The number of rotatable bonds is 4. The van der Waals surface area contributed by atoms with Crippen LogP contribution < -0.4 is 5.32 Å². The molecule has 4 nitrogen and oxygen atoms in total. The summed E-state index contributed by atoms with van der Waals surface area (Å²) in [6.07, 6.45) is 5.44. The zero-order valence-electron chi connectivity index (χ0n) is 13.0. The van der Waals surface area contributed by atoms with Gasteiger partial charge in [-0.05, 0) is 56.4 Å². The number of carbonyl (C=O) groups excluding carboxylic acids is 2. The molecule has 1 aromatic rings. The molecule has 1 unspecified atom stereocenters. The summed E-state index contributed by atoms with van der Waals surface area (Å²) in [7, 11) is 0. The molecule has 0 bridgehead atoms. The SMILES string of the molecule is C=CC(=O)N1CCCC1c1ccc(C(=O)NC2(C)CC2)cc1. The van der Waals surface area contributed by atoms with Gasteiger partial charge in [-0.15, -0.1) is 0 Å². The van der Waals surface area contributed by atoms with Crippen LogP contribution in [-0.4, -0.2) is 28.8 Å². The van der Waals surface area contributed by atoms with E-state index in [1.54, 1.807) is 0 Å². The van der Waals surface area contributed by atoms with Crippen LogP contribution in [0.1, 0.15) is 54.6 Å². The molecule has 3 rings (SSSR count). The molecule has 2 aliphatic rings. The molecule has 1 aliphatic heterocycles. The van der Waals surface area contributed by atoms with Crippen molar-refractivity contribution in [3.05, 3.63) is 48.0 Å². The maximum atomic E-state index is 12.2. The Labute approximate surface area is 131 Å². The number of nitrogens with zero attached hydrogens (tertiary/aromatic N) is 1. The lowest BCUT2D eigenvalue weighted by atomic mass is 10.0. The summed E-state index contributed by atoms with van der Waals surface area (Å²) in [5, 5.41) is 3.05. The number of hydrogen-bond acceptors (Lipinski definition) is 2. The van der Waals surface area contributed by atoms with Gasteiger partial charge in [0.2, 0.25) is 5.91 Å². The molecule has 1 aliphatic carbocycles. The third kappa shape index (κ3) is 2.91. The highest BCUT2D eigenvalue weighted by Gasteiger charge is 2.38. The van der Waals surface area contributed by atoms with Crippen LogP contribution in [0.15, 0.2) is 36.9 Å². The standard InChI is InChI=1S/C18H22N2O2/c1-3-16(21)20-12-4-5-15(20)13-6-8-14(9-7-13)17(22)19-18(2)10-11-18/h3,6-9,15H,1,4-5,10-12H2,2H3,(H,19,22). The van der Waals surface area contributed by atoms with E-state index >= 15 is 0 Å². The van der Waals surface area contributed by atoms with Crippen molar-refractivity contribution >= 4 is 11.8 Å². The summed E-state index contributed by atoms with van der Waals surface area (Å²) in [4.78, 5) is 25.9. The minimum absolute atomic E-state index is 0.00557. The van der Waals surface area contributed by atoms with Gasteiger partial charge in [-0.25, -0.2) is 0 Å². The average molecular weight is 298 g/mol. The molecular weight excluding hydrogens is 276 g/mol. The molecule has 0 spiro atoms. The predicted octanol–water partition coefficient (Wildman–Crippen LogP) is 2.82. The molecule has 1 N–H and O–H groups in total. The second-order valence-electron chi connectivity index (χ2n) is 6.53. The summed E-state index contributed by atoms with van der Waals surface area (Å²) in [5.41, 5.74) is 1.76. The predicted molar refractivity (Wildman–Crippen MR) is 85.4 cm³/mol. The lowest BCUT2D eigenvalue weighted by Gasteiger charge is -2.24. The summed E-state index contributed by atoms with van der Waals surface area (Å²) in [6, 6.07) is 7.73. The molecule has 4 heteroatoms. The van der Waals surface area contributed by atoms with Crippen LogP contribution in [0, 0.1) is 0 Å². The number of carbonyl (C=O) groups is 2. The first-order valence-corrected chi connectivity index (χ1v) is 7.88. The van der Waals surface area contributed by atoms with Crippen LogP contribution in [0.3, 0.4) is 0 Å². The Hall–Kier alpha value is -2.10. The first-order chi connectivity index (χ1) is 10.5. The topological polar surface area (TPSA) is 49.4 Å². The molecule has 0 radical (unpaired) electrons. The van der Waals surface area contributed by atoms with Gasteiger partial charge in [0.1, 0.15) is 0 Å². The number of likely N-dealkylation sites (tertiary alicyclic amines) is 1. The number of benzene rings is 1. The molecule has 116 valence electrons. The van der Waals surface area contributed by atoms with Crippen molar-refractivity contribution in [2.75, 3.05) is 6.54 Å². The van der Waals surface area contributed by atoms with Crippen LogP contribution in [0.5, 0.6) is 0 Å². The second kappa shape index (κ2) is 5.59. The molecule has 2 amide bonds. The minimum atomic E-state index is -0.0222. The number of amides is 2. The van der Waals surface area contributed by atoms with Gasteiger partial charge >= 0.3 is 0 Å². The number of nitrogens with one attached hydrogen (secondary N) is 1. The fourth-order valence-electron chi connectivity index (χ4n) is 3.01. The second-order valence-corrected chi connectivity index (χ2v) is 6.53. The van der Waals surface area contributed by atoms with Crippen LogP contribution in [-0.2, 0) is 4.79 Å². The van der Waals surface area contributed by atoms with Crippen LogP contribution >= 0.6 is 0 Å². The molecule has 1 saturated heterocycles. The molecule has 1 heterocycles. The Morgan fingerprint density at radius 2 is 2.00 bits per heavy atom. The molecule has 1 atom stereocenters. The van der Waals surface area contributed by atoms with Crippen molar-refractivity contribution in [1.82, 2.24) is 10.2 Å². The van der Waals surface area contributed by atoms with Crippen molar-refractivity contribution in [2.24, 2.45) is 0 Å². The minimum Gasteiger partial charge on any atom is -0.347 e. The van der Waals surface area contributed by atoms with Crippen LogP contribution in [0.4, 0.5) is 0 Å². The zero-order chi connectivity index (χ0) is 15.7. The monoisotopic (exact) mass is 298 g/mol. The van der Waals surface area contributed by atoms with Crippen molar-refractivity contribution < 1.29 is 9.59 Å². The van der Waals surface area contributed by atoms with Crippen LogP contribution in [0.25, 0.3) is 0 Å². The lowest BCUT2D eigenvalue weighted by Crippen LogP contribution is -2.34. The van der Waals surface area contributed by atoms with Crippen molar-refractivity contribution in [3.63, 3.8) is 0 Å². The normalized spacial score (nSPS) is 22.2. The average Bonchev–Trinajstić information content (AvgIpc) is 3.05. The van der Waals surface area contributed by atoms with Gasteiger partial charge in [0, 0.05) is 17.6 Å². The highest BCUT2D eigenvalue weighted by Crippen LogP contribution is 2.35. The van der Waals surface area contributed by atoms with Crippen molar-refractivity contribution in [3.8, 4) is 0 Å². The maximum absolute atomic E-state index is 12.2. The largest absolute Gasteiger partial charge is 0.347 e. The summed E-state index contributed by atoms with van der Waals surface area (Å²) < 4.78 is 0. The van der Waals surface area contributed by atoms with Gasteiger partial charge in [0.05, 0.1) is 6.04 Å². The van der Waals surface area contributed by atoms with E-state index in [0.29, 0.717) is 5.56 Å². The zero-order valence-corrected chi connectivity index (χ0v) is 13.0. The van der Waals surface area contributed by atoms with Crippen LogP contribution in [0.2, 0.25) is 0 Å². The van der Waals surface area contributed by atoms with E-state index in [4.69, 9.17) is 0 Å². The summed E-state index contributed by atoms with van der Waals surface area (Å²) in [5.74, 6) is -0.0389. The Morgan fingerprint density at radius 1 is 1.32 bits per heavy atom. The molecular formula is C18H22N2O2. The third-order valence-corrected chi connectivity index (χ3v) is 4.68. The van der Waals surface area contributed by atoms with Crippen molar-refractivity contribution in [1.29, 1.82) is 0 Å². The maximum Gasteiger partial charge on any atom is 0.251 e. The molecule has 1 aromatic carbocycles. The third-order valence-electron chi connectivity index (χ3n) is 4.68. The van der Waals surface area contributed by atoms with E-state index in [2.05, 4.69) is 18.8 Å². The van der Waals surface area contributed by atoms with E-state index in [-0.39, 0.29) is 23.4 Å². The fourth-order valence-corrected chi connectivity index (χ4v) is 3.01. The molecule has 22 heavy (non-hydrogen) atoms. The van der Waals surface area contributed by atoms with Gasteiger partial charge in [0.25, 0.3) is 5.91 Å². The molecule has 0 aromatic heterocycles. The van der Waals surface area contributed by atoms with Gasteiger partial charge in [-0.3, -0.25) is 9.59 Å². The lowest BCUT2D eigenvalue weighted by molar-refractivity contribution is -0.126. The Morgan fingerprint density at radius 3 is 2.59 bits per heavy atom. The van der Waals surface area contributed by atoms with Crippen molar-refractivity contribution in [2.45, 2.75) is 44.2 Å². The Balaban J connectivity index is 1.72. The Bertz CT molecular complexity index is 602.